The predicted octanol–water partition coefficient (Wildman–Crippen LogP) is 3.17. The van der Waals surface area contributed by atoms with Crippen molar-refractivity contribution in [2.45, 2.75) is 44.9 Å². The molecule has 0 spiro atoms. The van der Waals surface area contributed by atoms with Crippen LogP contribution in [0.3, 0.4) is 0 Å². The van der Waals surface area contributed by atoms with E-state index in [1.54, 1.807) is 0 Å². The first kappa shape index (κ1) is 10.2. The molecule has 2 heteroatoms. The zero-order chi connectivity index (χ0) is 9.35. The van der Waals surface area contributed by atoms with Crippen LogP contribution in [-0.4, -0.2) is 10.6 Å². The molecule has 1 fully saturated rings. The highest BCUT2D eigenvalue weighted by molar-refractivity contribution is 9.10. The van der Waals surface area contributed by atoms with Gasteiger partial charge in [0.15, 0.2) is 0 Å². The van der Waals surface area contributed by atoms with Gasteiger partial charge in [0, 0.05) is 6.42 Å². The third-order valence-electron chi connectivity index (χ3n) is 2.80. The van der Waals surface area contributed by atoms with E-state index in [1.807, 2.05) is 0 Å². The lowest BCUT2D eigenvalue weighted by Crippen LogP contribution is -2.32. The molecule has 1 aliphatic carbocycles. The second kappa shape index (κ2) is 3.49. The first-order valence-corrected chi connectivity index (χ1v) is 5.49. The summed E-state index contributed by atoms with van der Waals surface area (Å²) in [6.07, 6.45) is 2.85. The third-order valence-corrected chi connectivity index (χ3v) is 3.69. The fourth-order valence-corrected chi connectivity index (χ4v) is 2.44. The average molecular weight is 233 g/mol. The maximum Gasteiger partial charge on any atom is 0.146 e. The molecule has 0 aromatic rings. The number of alkyl halides is 1. The van der Waals surface area contributed by atoms with Gasteiger partial charge in [0.2, 0.25) is 0 Å². The van der Waals surface area contributed by atoms with Crippen LogP contribution in [0, 0.1) is 11.3 Å². The van der Waals surface area contributed by atoms with Crippen molar-refractivity contribution in [1.29, 1.82) is 0 Å². The summed E-state index contributed by atoms with van der Waals surface area (Å²) in [6.45, 7) is 6.77. The molecular formula is C10H17BrO. The zero-order valence-corrected chi connectivity index (χ0v) is 9.65. The minimum atomic E-state index is 0.121. The van der Waals surface area contributed by atoms with Crippen LogP contribution in [0.1, 0.15) is 40.0 Å². The van der Waals surface area contributed by atoms with Crippen LogP contribution in [0.25, 0.3) is 0 Å². The summed E-state index contributed by atoms with van der Waals surface area (Å²) >= 11 is 3.44. The van der Waals surface area contributed by atoms with Gasteiger partial charge in [-0.3, -0.25) is 4.79 Å². The topological polar surface area (TPSA) is 17.1 Å². The SMILES string of the molecule is CC(C)(C)[C@H]1CCC(=O)[C@H](Br)C1. The van der Waals surface area contributed by atoms with Gasteiger partial charge in [0.25, 0.3) is 0 Å². The van der Waals surface area contributed by atoms with E-state index >= 15 is 0 Å². The monoisotopic (exact) mass is 232 g/mol. The number of halogens is 1. The van der Waals surface area contributed by atoms with Crippen LogP contribution in [-0.2, 0) is 4.79 Å². The molecule has 0 amide bonds. The van der Waals surface area contributed by atoms with Crippen LogP contribution < -0.4 is 0 Å². The number of rotatable bonds is 0. The Kier molecular flexibility index (Phi) is 2.97. The molecule has 0 N–H and O–H groups in total. The Morgan fingerprint density at radius 3 is 2.42 bits per heavy atom. The van der Waals surface area contributed by atoms with E-state index in [2.05, 4.69) is 36.7 Å². The van der Waals surface area contributed by atoms with E-state index in [4.69, 9.17) is 0 Å². The summed E-state index contributed by atoms with van der Waals surface area (Å²) in [5, 5.41) is 0. The Hall–Kier alpha value is 0.150. The highest BCUT2D eigenvalue weighted by Gasteiger charge is 2.33. The molecule has 1 saturated carbocycles. The fraction of sp³-hybridized carbons (Fsp3) is 0.900. The quantitative estimate of drug-likeness (QED) is 0.587. The van der Waals surface area contributed by atoms with Crippen molar-refractivity contribution in [2.75, 3.05) is 0 Å². The summed E-state index contributed by atoms with van der Waals surface area (Å²) in [4.78, 5) is 11.3. The van der Waals surface area contributed by atoms with Crippen LogP contribution in [0.15, 0.2) is 0 Å². The highest BCUT2D eigenvalue weighted by atomic mass is 79.9. The predicted molar refractivity (Wildman–Crippen MR) is 54.5 cm³/mol. The molecule has 0 bridgehead atoms. The molecular weight excluding hydrogens is 216 g/mol. The largest absolute Gasteiger partial charge is 0.298 e. The standard InChI is InChI=1S/C10H17BrO/c1-10(2,3)7-4-5-9(12)8(11)6-7/h7-8H,4-6H2,1-3H3/t7-,8+/m0/s1. The van der Waals surface area contributed by atoms with Crippen molar-refractivity contribution in [3.63, 3.8) is 0 Å². The van der Waals surface area contributed by atoms with E-state index in [0.717, 1.165) is 19.3 Å². The molecule has 0 saturated heterocycles. The van der Waals surface area contributed by atoms with Crippen LogP contribution in [0.5, 0.6) is 0 Å². The number of ketones is 1. The molecule has 0 aromatic carbocycles. The molecule has 1 nitrogen and oxygen atoms in total. The Balaban J connectivity index is 2.57. The first-order valence-electron chi connectivity index (χ1n) is 4.58. The van der Waals surface area contributed by atoms with E-state index in [9.17, 15) is 4.79 Å². The number of hydrogen-bond donors (Lipinski definition) is 0. The van der Waals surface area contributed by atoms with Crippen molar-refractivity contribution < 1.29 is 4.79 Å². The normalized spacial score (nSPS) is 32.2. The van der Waals surface area contributed by atoms with Crippen molar-refractivity contribution >= 4 is 21.7 Å². The highest BCUT2D eigenvalue weighted by Crippen LogP contribution is 2.38. The van der Waals surface area contributed by atoms with Crippen LogP contribution in [0.2, 0.25) is 0 Å². The number of hydrogen-bond acceptors (Lipinski definition) is 1. The second-order valence-corrected chi connectivity index (χ2v) is 5.88. The Morgan fingerprint density at radius 1 is 1.42 bits per heavy atom. The number of carbonyl (C=O) groups excluding carboxylic acids is 1. The molecule has 0 heterocycles. The molecule has 2 atom stereocenters. The molecule has 0 radical (unpaired) electrons. The summed E-state index contributed by atoms with van der Waals surface area (Å²) in [7, 11) is 0. The second-order valence-electron chi connectivity index (χ2n) is 4.77. The van der Waals surface area contributed by atoms with Gasteiger partial charge in [-0.15, -0.1) is 0 Å². The van der Waals surface area contributed by atoms with Gasteiger partial charge in [0.1, 0.15) is 5.78 Å². The van der Waals surface area contributed by atoms with Gasteiger partial charge in [-0.2, -0.15) is 0 Å². The Morgan fingerprint density at radius 2 is 2.00 bits per heavy atom. The molecule has 0 aliphatic heterocycles. The van der Waals surface area contributed by atoms with Crippen LogP contribution in [0.4, 0.5) is 0 Å². The van der Waals surface area contributed by atoms with Gasteiger partial charge in [-0.1, -0.05) is 36.7 Å². The minimum absolute atomic E-state index is 0.121. The summed E-state index contributed by atoms with van der Waals surface area (Å²) < 4.78 is 0. The van der Waals surface area contributed by atoms with Crippen LogP contribution >= 0.6 is 15.9 Å². The zero-order valence-electron chi connectivity index (χ0n) is 8.06. The van der Waals surface area contributed by atoms with E-state index in [1.165, 1.54) is 0 Å². The first-order chi connectivity index (χ1) is 5.41. The molecule has 1 rings (SSSR count). The van der Waals surface area contributed by atoms with Gasteiger partial charge >= 0.3 is 0 Å². The minimum Gasteiger partial charge on any atom is -0.298 e. The smallest absolute Gasteiger partial charge is 0.146 e. The fourth-order valence-electron chi connectivity index (χ4n) is 1.76. The lowest BCUT2D eigenvalue weighted by atomic mass is 9.72. The van der Waals surface area contributed by atoms with Gasteiger partial charge in [0.05, 0.1) is 4.83 Å². The van der Waals surface area contributed by atoms with E-state index in [0.29, 0.717) is 17.1 Å². The maximum absolute atomic E-state index is 11.2. The van der Waals surface area contributed by atoms with Crippen molar-refractivity contribution in [3.05, 3.63) is 0 Å². The Labute approximate surface area is 83.0 Å². The summed E-state index contributed by atoms with van der Waals surface area (Å²) in [5.74, 6) is 1.08. The van der Waals surface area contributed by atoms with Gasteiger partial charge < -0.3 is 0 Å². The van der Waals surface area contributed by atoms with E-state index in [-0.39, 0.29) is 4.83 Å². The average Bonchev–Trinajstić information content (AvgIpc) is 1.92. The Bertz CT molecular complexity index is 181. The molecule has 12 heavy (non-hydrogen) atoms. The maximum atomic E-state index is 11.2. The lowest BCUT2D eigenvalue weighted by molar-refractivity contribution is -0.120. The molecule has 0 unspecified atom stereocenters. The van der Waals surface area contributed by atoms with Gasteiger partial charge in [-0.05, 0) is 24.2 Å². The molecule has 1 aliphatic rings. The lowest BCUT2D eigenvalue weighted by Gasteiger charge is -2.35. The molecule has 0 aromatic heterocycles. The van der Waals surface area contributed by atoms with Crippen molar-refractivity contribution in [2.24, 2.45) is 11.3 Å². The number of Topliss-reactive ketones (excluding diaryl/α,β-unsaturated/α-hetero) is 1. The third kappa shape index (κ3) is 2.32. The molecule has 70 valence electrons. The van der Waals surface area contributed by atoms with Crippen molar-refractivity contribution in [1.82, 2.24) is 0 Å². The van der Waals surface area contributed by atoms with Crippen molar-refractivity contribution in [3.8, 4) is 0 Å². The summed E-state index contributed by atoms with van der Waals surface area (Å²) in [6, 6.07) is 0. The van der Waals surface area contributed by atoms with E-state index < -0.39 is 0 Å². The van der Waals surface area contributed by atoms with Gasteiger partial charge in [-0.25, -0.2) is 0 Å². The summed E-state index contributed by atoms with van der Waals surface area (Å²) in [5.41, 5.74) is 0.354. The number of carbonyl (C=O) groups is 1.